The quantitative estimate of drug-likeness (QED) is 0.791. The number of halogens is 1. The predicted octanol–water partition coefficient (Wildman–Crippen LogP) is 3.66. The average Bonchev–Trinajstić information content (AvgIpc) is 3.11. The fourth-order valence-corrected chi connectivity index (χ4v) is 3.41. The van der Waals surface area contributed by atoms with Crippen molar-refractivity contribution in [3.63, 3.8) is 0 Å². The van der Waals surface area contributed by atoms with Crippen LogP contribution in [0.5, 0.6) is 5.75 Å². The normalized spacial score (nSPS) is 16.2. The van der Waals surface area contributed by atoms with Gasteiger partial charge in [-0.05, 0) is 24.3 Å². The van der Waals surface area contributed by atoms with Crippen LogP contribution in [-0.2, 0) is 12.8 Å². The number of hydrogen-bond donors (Lipinski definition) is 1. The SMILES string of the molecule is COc1ccccc1-n1nc2c(c1-c1ccc(Cl)cc1)CC(O)C2. The fraction of sp³-hybridized carbons (Fsp3) is 0.211. The van der Waals surface area contributed by atoms with E-state index in [0.29, 0.717) is 17.9 Å². The Morgan fingerprint density at radius 3 is 2.62 bits per heavy atom. The molecule has 4 rings (SSSR count). The molecule has 0 saturated carbocycles. The number of hydrogen-bond acceptors (Lipinski definition) is 3. The zero-order valence-corrected chi connectivity index (χ0v) is 14.0. The topological polar surface area (TPSA) is 47.3 Å². The number of aliphatic hydroxyl groups is 1. The zero-order valence-electron chi connectivity index (χ0n) is 13.2. The molecule has 0 bridgehead atoms. The molecule has 0 amide bonds. The summed E-state index contributed by atoms with van der Waals surface area (Å²) in [6.45, 7) is 0. The Bertz CT molecular complexity index is 887. The third kappa shape index (κ3) is 2.48. The van der Waals surface area contributed by atoms with Crippen molar-refractivity contribution in [3.8, 4) is 22.7 Å². The van der Waals surface area contributed by atoms with Gasteiger partial charge in [-0.15, -0.1) is 0 Å². The fourth-order valence-electron chi connectivity index (χ4n) is 3.29. The molecule has 1 atom stereocenters. The molecule has 0 spiro atoms. The molecule has 0 radical (unpaired) electrons. The summed E-state index contributed by atoms with van der Waals surface area (Å²) in [5.41, 5.74) is 4.93. The standard InChI is InChI=1S/C19H17ClN2O2/c1-24-18-5-3-2-4-17(18)22-19(12-6-8-13(20)9-7-12)15-10-14(23)11-16(15)21-22/h2-9,14,23H,10-11H2,1H3. The maximum absolute atomic E-state index is 10.0. The Labute approximate surface area is 145 Å². The lowest BCUT2D eigenvalue weighted by Crippen LogP contribution is -2.09. The number of fused-ring (bicyclic) bond motifs is 1. The lowest BCUT2D eigenvalue weighted by molar-refractivity contribution is 0.185. The van der Waals surface area contributed by atoms with Crippen molar-refractivity contribution < 1.29 is 9.84 Å². The summed E-state index contributed by atoms with van der Waals surface area (Å²) in [5, 5.41) is 15.5. The molecule has 0 aliphatic heterocycles. The summed E-state index contributed by atoms with van der Waals surface area (Å²) < 4.78 is 7.42. The smallest absolute Gasteiger partial charge is 0.144 e. The van der Waals surface area contributed by atoms with E-state index in [1.807, 2.05) is 53.2 Å². The lowest BCUT2D eigenvalue weighted by atomic mass is 10.1. The Morgan fingerprint density at radius 2 is 1.88 bits per heavy atom. The first kappa shape index (κ1) is 15.2. The van der Waals surface area contributed by atoms with Gasteiger partial charge in [0.2, 0.25) is 0 Å². The molecule has 1 aliphatic rings. The van der Waals surface area contributed by atoms with E-state index in [1.165, 1.54) is 0 Å². The van der Waals surface area contributed by atoms with E-state index < -0.39 is 0 Å². The number of benzene rings is 2. The van der Waals surface area contributed by atoms with Crippen LogP contribution >= 0.6 is 11.6 Å². The highest BCUT2D eigenvalue weighted by molar-refractivity contribution is 6.30. The third-order valence-corrected chi connectivity index (χ3v) is 4.62. The van der Waals surface area contributed by atoms with Crippen LogP contribution in [0.15, 0.2) is 48.5 Å². The maximum Gasteiger partial charge on any atom is 0.144 e. The molecule has 1 unspecified atom stereocenters. The van der Waals surface area contributed by atoms with E-state index in [1.54, 1.807) is 7.11 Å². The summed E-state index contributed by atoms with van der Waals surface area (Å²) >= 11 is 6.04. The van der Waals surface area contributed by atoms with Crippen LogP contribution in [0, 0.1) is 0 Å². The van der Waals surface area contributed by atoms with Gasteiger partial charge in [-0.1, -0.05) is 35.9 Å². The number of rotatable bonds is 3. The average molecular weight is 341 g/mol. The Kier molecular flexibility index (Phi) is 3.79. The summed E-state index contributed by atoms with van der Waals surface area (Å²) in [6, 6.07) is 15.5. The Balaban J connectivity index is 1.95. The Hall–Kier alpha value is -2.30. The van der Waals surface area contributed by atoms with Crippen molar-refractivity contribution >= 4 is 11.6 Å². The molecule has 2 aromatic carbocycles. The van der Waals surface area contributed by atoms with Gasteiger partial charge in [0.1, 0.15) is 11.4 Å². The number of para-hydroxylation sites is 2. The largest absolute Gasteiger partial charge is 0.494 e. The zero-order chi connectivity index (χ0) is 16.7. The number of nitrogens with zero attached hydrogens (tertiary/aromatic N) is 2. The molecular weight excluding hydrogens is 324 g/mol. The monoisotopic (exact) mass is 340 g/mol. The number of aliphatic hydroxyl groups excluding tert-OH is 1. The molecule has 5 heteroatoms. The van der Waals surface area contributed by atoms with Crippen molar-refractivity contribution in [2.75, 3.05) is 7.11 Å². The van der Waals surface area contributed by atoms with Crippen molar-refractivity contribution in [1.29, 1.82) is 0 Å². The summed E-state index contributed by atoms with van der Waals surface area (Å²) in [5.74, 6) is 0.759. The number of ether oxygens (including phenoxy) is 1. The highest BCUT2D eigenvalue weighted by Gasteiger charge is 2.29. The molecule has 1 aromatic heterocycles. The van der Waals surface area contributed by atoms with Gasteiger partial charge < -0.3 is 9.84 Å². The highest BCUT2D eigenvalue weighted by atomic mass is 35.5. The molecule has 122 valence electrons. The maximum atomic E-state index is 10.0. The molecule has 1 aliphatic carbocycles. The minimum atomic E-state index is -0.360. The lowest BCUT2D eigenvalue weighted by Gasteiger charge is -2.13. The van der Waals surface area contributed by atoms with Crippen LogP contribution in [0.25, 0.3) is 16.9 Å². The van der Waals surface area contributed by atoms with Crippen molar-refractivity contribution in [1.82, 2.24) is 9.78 Å². The van der Waals surface area contributed by atoms with Crippen LogP contribution in [0.3, 0.4) is 0 Å². The molecule has 4 nitrogen and oxygen atoms in total. The molecule has 1 N–H and O–H groups in total. The van der Waals surface area contributed by atoms with Crippen LogP contribution in [0.2, 0.25) is 5.02 Å². The second kappa shape index (κ2) is 5.96. The predicted molar refractivity (Wildman–Crippen MR) is 94.0 cm³/mol. The van der Waals surface area contributed by atoms with E-state index in [-0.39, 0.29) is 6.10 Å². The van der Waals surface area contributed by atoms with Gasteiger partial charge in [0, 0.05) is 29.0 Å². The molecule has 0 saturated heterocycles. The van der Waals surface area contributed by atoms with E-state index in [0.717, 1.165) is 34.0 Å². The van der Waals surface area contributed by atoms with E-state index >= 15 is 0 Å². The third-order valence-electron chi connectivity index (χ3n) is 4.37. The van der Waals surface area contributed by atoms with Gasteiger partial charge >= 0.3 is 0 Å². The van der Waals surface area contributed by atoms with Gasteiger partial charge in [0.15, 0.2) is 0 Å². The molecule has 1 heterocycles. The minimum absolute atomic E-state index is 0.360. The van der Waals surface area contributed by atoms with Crippen LogP contribution in [0.4, 0.5) is 0 Å². The first-order chi connectivity index (χ1) is 11.7. The van der Waals surface area contributed by atoms with Gasteiger partial charge in [-0.2, -0.15) is 5.10 Å². The second-order valence-electron chi connectivity index (χ2n) is 5.93. The molecule has 24 heavy (non-hydrogen) atoms. The van der Waals surface area contributed by atoms with E-state index in [4.69, 9.17) is 21.4 Å². The van der Waals surface area contributed by atoms with Crippen LogP contribution < -0.4 is 4.74 Å². The highest BCUT2D eigenvalue weighted by Crippen LogP contribution is 2.36. The summed E-state index contributed by atoms with van der Waals surface area (Å²) in [6.07, 6.45) is 0.835. The molecule has 3 aromatic rings. The van der Waals surface area contributed by atoms with E-state index in [9.17, 15) is 5.11 Å². The van der Waals surface area contributed by atoms with Crippen molar-refractivity contribution in [2.24, 2.45) is 0 Å². The van der Waals surface area contributed by atoms with Gasteiger partial charge in [0.25, 0.3) is 0 Å². The summed E-state index contributed by atoms with van der Waals surface area (Å²) in [4.78, 5) is 0. The number of methoxy groups -OCH3 is 1. The minimum Gasteiger partial charge on any atom is -0.494 e. The van der Waals surface area contributed by atoms with Gasteiger partial charge in [0.05, 0.1) is 24.6 Å². The first-order valence-corrected chi connectivity index (χ1v) is 8.23. The van der Waals surface area contributed by atoms with Crippen molar-refractivity contribution in [3.05, 3.63) is 64.8 Å². The second-order valence-corrected chi connectivity index (χ2v) is 6.36. The molecule has 0 fully saturated rings. The number of aromatic nitrogens is 2. The summed E-state index contributed by atoms with van der Waals surface area (Å²) in [7, 11) is 1.65. The Morgan fingerprint density at radius 1 is 1.12 bits per heavy atom. The first-order valence-electron chi connectivity index (χ1n) is 7.85. The van der Waals surface area contributed by atoms with Crippen LogP contribution in [0.1, 0.15) is 11.3 Å². The van der Waals surface area contributed by atoms with E-state index in [2.05, 4.69) is 0 Å². The van der Waals surface area contributed by atoms with Crippen molar-refractivity contribution in [2.45, 2.75) is 18.9 Å². The van der Waals surface area contributed by atoms with Crippen LogP contribution in [-0.4, -0.2) is 28.1 Å². The molecular formula is C19H17ClN2O2. The van der Waals surface area contributed by atoms with Gasteiger partial charge in [-0.25, -0.2) is 4.68 Å². The van der Waals surface area contributed by atoms with Gasteiger partial charge in [-0.3, -0.25) is 0 Å².